The minimum absolute atomic E-state index is 0.0388. The highest BCUT2D eigenvalue weighted by molar-refractivity contribution is 9.09. The van der Waals surface area contributed by atoms with Gasteiger partial charge in [-0.15, -0.1) is 11.6 Å². The maximum Gasteiger partial charge on any atom is 0.0828 e. The van der Waals surface area contributed by atoms with E-state index in [-0.39, 0.29) is 16.3 Å². The summed E-state index contributed by atoms with van der Waals surface area (Å²) in [4.78, 5) is 0.216. The zero-order valence-electron chi connectivity index (χ0n) is 5.06. The van der Waals surface area contributed by atoms with E-state index in [4.69, 9.17) is 11.6 Å². The molecule has 9 heavy (non-hydrogen) atoms. The molecule has 0 aromatic heterocycles. The first kappa shape index (κ1) is 7.83. The normalized spacial score (nSPS) is 45.0. The van der Waals surface area contributed by atoms with E-state index in [1.165, 1.54) is 0 Å². The maximum atomic E-state index is 9.27. The third kappa shape index (κ3) is 1.82. The lowest BCUT2D eigenvalue weighted by Gasteiger charge is -2.26. The van der Waals surface area contributed by atoms with E-state index in [0.29, 0.717) is 0 Å². The highest BCUT2D eigenvalue weighted by Gasteiger charge is 2.27. The molecule has 1 aliphatic rings. The van der Waals surface area contributed by atoms with Crippen molar-refractivity contribution in [1.82, 2.24) is 0 Å². The number of alkyl halides is 2. The zero-order valence-corrected chi connectivity index (χ0v) is 7.40. The van der Waals surface area contributed by atoms with Gasteiger partial charge in [0.2, 0.25) is 0 Å². The molecule has 1 fully saturated rings. The molecule has 3 heteroatoms. The van der Waals surface area contributed by atoms with Crippen molar-refractivity contribution < 1.29 is 5.11 Å². The molecule has 0 saturated heterocycles. The molecule has 1 rings (SSSR count). The second-order valence-electron chi connectivity index (χ2n) is 2.45. The molecule has 0 spiro atoms. The first-order valence-electron chi connectivity index (χ1n) is 3.18. The first-order valence-corrected chi connectivity index (χ1v) is 4.53. The Morgan fingerprint density at radius 3 is 2.56 bits per heavy atom. The summed E-state index contributed by atoms with van der Waals surface area (Å²) in [6, 6.07) is 0. The summed E-state index contributed by atoms with van der Waals surface area (Å²) in [5.74, 6) is 0. The Kier molecular flexibility index (Phi) is 2.80. The lowest BCUT2D eigenvalue weighted by molar-refractivity contribution is 0.143. The van der Waals surface area contributed by atoms with Crippen molar-refractivity contribution in [2.24, 2.45) is 0 Å². The predicted molar refractivity (Wildman–Crippen MR) is 42.2 cm³/mol. The number of rotatable bonds is 0. The van der Waals surface area contributed by atoms with Gasteiger partial charge >= 0.3 is 0 Å². The number of hydrogen-bond donors (Lipinski definition) is 1. The highest BCUT2D eigenvalue weighted by atomic mass is 79.9. The van der Waals surface area contributed by atoms with Gasteiger partial charge in [-0.05, 0) is 12.8 Å². The molecule has 1 N–H and O–H groups in total. The van der Waals surface area contributed by atoms with Crippen LogP contribution in [0.2, 0.25) is 0 Å². The van der Waals surface area contributed by atoms with Crippen molar-refractivity contribution in [3.05, 3.63) is 0 Å². The van der Waals surface area contributed by atoms with Gasteiger partial charge in [0.25, 0.3) is 0 Å². The van der Waals surface area contributed by atoms with Gasteiger partial charge < -0.3 is 5.11 Å². The molecule has 0 bridgehead atoms. The molecule has 0 unspecified atom stereocenters. The van der Waals surface area contributed by atoms with Crippen LogP contribution in [0.3, 0.4) is 0 Å². The van der Waals surface area contributed by atoms with Crippen LogP contribution in [0.25, 0.3) is 0 Å². The largest absolute Gasteiger partial charge is 0.390 e. The maximum absolute atomic E-state index is 9.27. The molecule has 0 heterocycles. The van der Waals surface area contributed by atoms with Crippen LogP contribution < -0.4 is 0 Å². The van der Waals surface area contributed by atoms with Crippen molar-refractivity contribution >= 4 is 27.5 Å². The van der Waals surface area contributed by atoms with Gasteiger partial charge in [-0.3, -0.25) is 0 Å². The monoisotopic (exact) mass is 212 g/mol. The van der Waals surface area contributed by atoms with Crippen LogP contribution in [0.5, 0.6) is 0 Å². The van der Waals surface area contributed by atoms with Crippen molar-refractivity contribution in [2.75, 3.05) is 0 Å². The number of aliphatic hydroxyl groups is 1. The SMILES string of the molecule is O[C@@H]1[C@H](Cl)CCC[C@@H]1Br. The Balaban J connectivity index is 2.41. The Bertz CT molecular complexity index is 89.1. The van der Waals surface area contributed by atoms with Crippen LogP contribution in [-0.4, -0.2) is 21.4 Å². The first-order chi connectivity index (χ1) is 4.22. The van der Waals surface area contributed by atoms with Crippen LogP contribution in [0, 0.1) is 0 Å². The lowest BCUT2D eigenvalue weighted by atomic mass is 9.97. The van der Waals surface area contributed by atoms with Gasteiger partial charge in [-0.2, -0.15) is 0 Å². The molecule has 54 valence electrons. The number of hydrogen-bond acceptors (Lipinski definition) is 1. The molecule has 3 atom stereocenters. The molecule has 1 aliphatic carbocycles. The minimum Gasteiger partial charge on any atom is -0.390 e. The van der Waals surface area contributed by atoms with Crippen molar-refractivity contribution in [2.45, 2.75) is 35.6 Å². The van der Waals surface area contributed by atoms with Crippen LogP contribution >= 0.6 is 27.5 Å². The fourth-order valence-electron chi connectivity index (χ4n) is 1.08. The molecule has 0 aliphatic heterocycles. The summed E-state index contributed by atoms with van der Waals surface area (Å²) in [5.41, 5.74) is 0. The summed E-state index contributed by atoms with van der Waals surface area (Å²) in [7, 11) is 0. The van der Waals surface area contributed by atoms with E-state index < -0.39 is 0 Å². The molecule has 0 radical (unpaired) electrons. The summed E-state index contributed by atoms with van der Waals surface area (Å²) in [5, 5.41) is 9.23. The van der Waals surface area contributed by atoms with E-state index in [2.05, 4.69) is 15.9 Å². The third-order valence-corrected chi connectivity index (χ3v) is 3.18. The van der Waals surface area contributed by atoms with Crippen molar-refractivity contribution in [3.63, 3.8) is 0 Å². The minimum atomic E-state index is -0.347. The van der Waals surface area contributed by atoms with Crippen molar-refractivity contribution in [1.29, 1.82) is 0 Å². The second-order valence-corrected chi connectivity index (χ2v) is 4.19. The van der Waals surface area contributed by atoms with Crippen LogP contribution in [0.15, 0.2) is 0 Å². The van der Waals surface area contributed by atoms with E-state index >= 15 is 0 Å². The fraction of sp³-hybridized carbons (Fsp3) is 1.00. The Labute approximate surface area is 68.5 Å². The Morgan fingerprint density at radius 1 is 1.44 bits per heavy atom. The van der Waals surface area contributed by atoms with Gasteiger partial charge in [-0.1, -0.05) is 22.4 Å². The van der Waals surface area contributed by atoms with Crippen LogP contribution in [-0.2, 0) is 0 Å². The zero-order chi connectivity index (χ0) is 6.85. The molecule has 0 aromatic carbocycles. The van der Waals surface area contributed by atoms with Gasteiger partial charge in [-0.25, -0.2) is 0 Å². The Morgan fingerprint density at radius 2 is 2.11 bits per heavy atom. The molecular formula is C6H10BrClO. The molecular weight excluding hydrogens is 203 g/mol. The van der Waals surface area contributed by atoms with E-state index in [1.807, 2.05) is 0 Å². The third-order valence-electron chi connectivity index (χ3n) is 1.70. The van der Waals surface area contributed by atoms with Crippen LogP contribution in [0.4, 0.5) is 0 Å². The predicted octanol–water partition coefficient (Wildman–Crippen LogP) is 1.90. The number of aliphatic hydroxyl groups excluding tert-OH is 1. The van der Waals surface area contributed by atoms with Crippen LogP contribution in [0.1, 0.15) is 19.3 Å². The molecule has 1 saturated carbocycles. The standard InChI is InChI=1S/C6H10BrClO/c7-4-2-1-3-5(8)6(4)9/h4-6,9H,1-3H2/t4-,5+,6-/m0/s1. The summed E-state index contributed by atoms with van der Waals surface area (Å²) in [6.45, 7) is 0. The molecule has 1 nitrogen and oxygen atoms in total. The summed E-state index contributed by atoms with van der Waals surface area (Å²) < 4.78 is 0. The summed E-state index contributed by atoms with van der Waals surface area (Å²) >= 11 is 9.14. The average molecular weight is 214 g/mol. The van der Waals surface area contributed by atoms with Crippen molar-refractivity contribution in [3.8, 4) is 0 Å². The Hall–Kier alpha value is 0.730. The fourth-order valence-corrected chi connectivity index (χ4v) is 2.27. The van der Waals surface area contributed by atoms with Gasteiger partial charge in [0.05, 0.1) is 11.5 Å². The number of halogens is 2. The highest BCUT2D eigenvalue weighted by Crippen LogP contribution is 2.27. The second kappa shape index (κ2) is 3.22. The quantitative estimate of drug-likeness (QED) is 0.610. The van der Waals surface area contributed by atoms with E-state index in [0.717, 1.165) is 19.3 Å². The molecule has 0 aromatic rings. The van der Waals surface area contributed by atoms with E-state index in [1.54, 1.807) is 0 Å². The molecule has 0 amide bonds. The van der Waals surface area contributed by atoms with Gasteiger partial charge in [0.1, 0.15) is 0 Å². The smallest absolute Gasteiger partial charge is 0.0828 e. The van der Waals surface area contributed by atoms with E-state index in [9.17, 15) is 5.11 Å². The van der Waals surface area contributed by atoms with Gasteiger partial charge in [0.15, 0.2) is 0 Å². The summed E-state index contributed by atoms with van der Waals surface area (Å²) in [6.07, 6.45) is 2.77. The topological polar surface area (TPSA) is 20.2 Å². The lowest BCUT2D eigenvalue weighted by Crippen LogP contribution is -2.34. The van der Waals surface area contributed by atoms with Gasteiger partial charge in [0, 0.05) is 4.83 Å². The average Bonchev–Trinajstić information content (AvgIpc) is 1.83.